The van der Waals surface area contributed by atoms with Crippen LogP contribution in [0.25, 0.3) is 0 Å². The van der Waals surface area contributed by atoms with Crippen molar-refractivity contribution >= 4 is 23.0 Å². The largest absolute Gasteiger partial charge is 0.341 e. The molecule has 3 heteroatoms. The fourth-order valence-corrected chi connectivity index (χ4v) is 2.39. The van der Waals surface area contributed by atoms with Gasteiger partial charge in [0.15, 0.2) is 0 Å². The van der Waals surface area contributed by atoms with Crippen LogP contribution >= 0.6 is 11.6 Å². The van der Waals surface area contributed by atoms with E-state index < -0.39 is 0 Å². The zero-order chi connectivity index (χ0) is 14.4. The summed E-state index contributed by atoms with van der Waals surface area (Å²) in [4.78, 5) is 4.52. The van der Waals surface area contributed by atoms with E-state index >= 15 is 0 Å². The van der Waals surface area contributed by atoms with Gasteiger partial charge in [-0.3, -0.25) is 0 Å². The molecule has 2 aromatic carbocycles. The molecule has 0 saturated carbocycles. The molecule has 0 aliphatic carbocycles. The first kappa shape index (κ1) is 14.9. The average Bonchev–Trinajstić information content (AvgIpc) is 2.44. The Hall–Kier alpha value is -1.51. The van der Waals surface area contributed by atoms with Crippen LogP contribution in [-0.4, -0.2) is 32.1 Å². The molecule has 106 valence electrons. The highest BCUT2D eigenvalue weighted by molar-refractivity contribution is 6.30. The number of para-hydroxylation sites is 1. The maximum atomic E-state index is 6.13. The summed E-state index contributed by atoms with van der Waals surface area (Å²) < 4.78 is 0. The van der Waals surface area contributed by atoms with E-state index in [2.05, 4.69) is 54.2 Å². The molecular formula is C17H21ClN2. The maximum absolute atomic E-state index is 6.13. The number of benzene rings is 2. The Bertz CT molecular complexity index is 526. The van der Waals surface area contributed by atoms with Gasteiger partial charge in [0.05, 0.1) is 0 Å². The molecule has 0 amide bonds. The highest BCUT2D eigenvalue weighted by atomic mass is 35.5. The molecule has 0 aliphatic rings. The second-order valence-corrected chi connectivity index (χ2v) is 5.56. The van der Waals surface area contributed by atoms with Crippen molar-refractivity contribution < 1.29 is 0 Å². The summed E-state index contributed by atoms with van der Waals surface area (Å²) in [5, 5.41) is 0.774. The van der Waals surface area contributed by atoms with Crippen molar-refractivity contribution in [1.82, 2.24) is 4.90 Å². The van der Waals surface area contributed by atoms with Crippen LogP contribution in [0.2, 0.25) is 5.02 Å². The summed E-state index contributed by atoms with van der Waals surface area (Å²) in [7, 11) is 4.21. The lowest BCUT2D eigenvalue weighted by Crippen LogP contribution is -2.23. The molecule has 0 fully saturated rings. The first-order chi connectivity index (χ1) is 9.66. The quantitative estimate of drug-likeness (QED) is 0.776. The number of halogens is 1. The van der Waals surface area contributed by atoms with E-state index in [1.165, 1.54) is 5.69 Å². The molecule has 0 radical (unpaired) electrons. The van der Waals surface area contributed by atoms with E-state index in [1.54, 1.807) is 0 Å². The van der Waals surface area contributed by atoms with Crippen LogP contribution in [0.15, 0.2) is 54.6 Å². The van der Waals surface area contributed by atoms with Gasteiger partial charge in [0.2, 0.25) is 0 Å². The SMILES string of the molecule is CN(C)CCCN(c1ccccc1)c1cccc(Cl)c1. The predicted molar refractivity (Wildman–Crippen MR) is 88.1 cm³/mol. The summed E-state index contributed by atoms with van der Waals surface area (Å²) in [5.41, 5.74) is 2.34. The summed E-state index contributed by atoms with van der Waals surface area (Å²) in [6, 6.07) is 18.5. The van der Waals surface area contributed by atoms with Gasteiger partial charge in [-0.1, -0.05) is 35.9 Å². The Balaban J connectivity index is 2.20. The Kier molecular flexibility index (Phi) is 5.45. The normalized spacial score (nSPS) is 10.8. The monoisotopic (exact) mass is 288 g/mol. The number of anilines is 2. The minimum Gasteiger partial charge on any atom is -0.341 e. The molecule has 0 aliphatic heterocycles. The molecule has 0 aromatic heterocycles. The Morgan fingerprint density at radius 1 is 0.850 bits per heavy atom. The lowest BCUT2D eigenvalue weighted by atomic mass is 10.2. The van der Waals surface area contributed by atoms with E-state index in [1.807, 2.05) is 24.3 Å². The third kappa shape index (κ3) is 4.26. The van der Waals surface area contributed by atoms with E-state index in [0.717, 1.165) is 30.2 Å². The molecule has 0 bridgehead atoms. The van der Waals surface area contributed by atoms with E-state index in [9.17, 15) is 0 Å². The van der Waals surface area contributed by atoms with Gasteiger partial charge in [0.25, 0.3) is 0 Å². The summed E-state index contributed by atoms with van der Waals surface area (Å²) in [6.45, 7) is 2.05. The number of rotatable bonds is 6. The van der Waals surface area contributed by atoms with Gasteiger partial charge in [-0.2, -0.15) is 0 Å². The zero-order valence-electron chi connectivity index (χ0n) is 12.1. The first-order valence-corrected chi connectivity index (χ1v) is 7.27. The maximum Gasteiger partial charge on any atom is 0.0426 e. The Morgan fingerprint density at radius 3 is 2.20 bits per heavy atom. The second kappa shape index (κ2) is 7.32. The number of nitrogens with zero attached hydrogens (tertiary/aromatic N) is 2. The van der Waals surface area contributed by atoms with Crippen LogP contribution in [0, 0.1) is 0 Å². The fraction of sp³-hybridized carbons (Fsp3) is 0.294. The predicted octanol–water partition coefficient (Wildman–Crippen LogP) is 4.43. The Labute approximate surface area is 126 Å². The minimum absolute atomic E-state index is 0.774. The topological polar surface area (TPSA) is 6.48 Å². The lowest BCUT2D eigenvalue weighted by molar-refractivity contribution is 0.402. The third-order valence-corrected chi connectivity index (χ3v) is 3.41. The average molecular weight is 289 g/mol. The van der Waals surface area contributed by atoms with Gasteiger partial charge in [0, 0.05) is 22.9 Å². The van der Waals surface area contributed by atoms with Crippen molar-refractivity contribution in [3.05, 3.63) is 59.6 Å². The third-order valence-electron chi connectivity index (χ3n) is 3.17. The van der Waals surface area contributed by atoms with Crippen molar-refractivity contribution in [2.24, 2.45) is 0 Å². The smallest absolute Gasteiger partial charge is 0.0426 e. The fourth-order valence-electron chi connectivity index (χ4n) is 2.20. The van der Waals surface area contributed by atoms with Crippen molar-refractivity contribution in [1.29, 1.82) is 0 Å². The molecule has 2 rings (SSSR count). The Morgan fingerprint density at radius 2 is 1.55 bits per heavy atom. The van der Waals surface area contributed by atoms with Gasteiger partial charge < -0.3 is 9.80 Å². The summed E-state index contributed by atoms with van der Waals surface area (Å²) >= 11 is 6.13. The van der Waals surface area contributed by atoms with Crippen LogP contribution in [0.4, 0.5) is 11.4 Å². The molecule has 0 unspecified atom stereocenters. The van der Waals surface area contributed by atoms with Gasteiger partial charge in [0.1, 0.15) is 0 Å². The van der Waals surface area contributed by atoms with Crippen LogP contribution in [0.5, 0.6) is 0 Å². The van der Waals surface area contributed by atoms with Gasteiger partial charge in [-0.15, -0.1) is 0 Å². The van der Waals surface area contributed by atoms with Crippen LogP contribution in [0.3, 0.4) is 0 Å². The van der Waals surface area contributed by atoms with E-state index in [4.69, 9.17) is 11.6 Å². The van der Waals surface area contributed by atoms with Crippen LogP contribution < -0.4 is 4.90 Å². The highest BCUT2D eigenvalue weighted by Gasteiger charge is 2.09. The second-order valence-electron chi connectivity index (χ2n) is 5.12. The lowest BCUT2D eigenvalue weighted by Gasteiger charge is -2.26. The standard InChI is InChI=1S/C17H21ClN2/c1-19(2)12-7-13-20(16-9-4-3-5-10-16)17-11-6-8-15(18)14-17/h3-6,8-11,14H,7,12-13H2,1-2H3. The van der Waals surface area contributed by atoms with Crippen LogP contribution in [-0.2, 0) is 0 Å². The molecule has 0 N–H and O–H groups in total. The number of hydrogen-bond acceptors (Lipinski definition) is 2. The molecule has 20 heavy (non-hydrogen) atoms. The molecule has 0 atom stereocenters. The van der Waals surface area contributed by atoms with Gasteiger partial charge >= 0.3 is 0 Å². The molecule has 2 aromatic rings. The van der Waals surface area contributed by atoms with Crippen LogP contribution in [0.1, 0.15) is 6.42 Å². The highest BCUT2D eigenvalue weighted by Crippen LogP contribution is 2.27. The molecule has 0 heterocycles. The molecular weight excluding hydrogens is 268 g/mol. The molecule has 0 saturated heterocycles. The minimum atomic E-state index is 0.774. The summed E-state index contributed by atoms with van der Waals surface area (Å²) in [6.07, 6.45) is 1.11. The van der Waals surface area contributed by atoms with E-state index in [0.29, 0.717) is 0 Å². The summed E-state index contributed by atoms with van der Waals surface area (Å²) in [5.74, 6) is 0. The van der Waals surface area contributed by atoms with Gasteiger partial charge in [-0.05, 0) is 57.4 Å². The van der Waals surface area contributed by atoms with Crippen molar-refractivity contribution in [2.45, 2.75) is 6.42 Å². The van der Waals surface area contributed by atoms with Gasteiger partial charge in [-0.25, -0.2) is 0 Å². The van der Waals surface area contributed by atoms with Crippen molar-refractivity contribution in [3.63, 3.8) is 0 Å². The first-order valence-electron chi connectivity index (χ1n) is 6.90. The van der Waals surface area contributed by atoms with E-state index in [-0.39, 0.29) is 0 Å². The molecule has 0 spiro atoms. The zero-order valence-corrected chi connectivity index (χ0v) is 12.8. The molecule has 2 nitrogen and oxygen atoms in total. The van der Waals surface area contributed by atoms with Crippen molar-refractivity contribution in [2.75, 3.05) is 32.1 Å². The van der Waals surface area contributed by atoms with Crippen molar-refractivity contribution in [3.8, 4) is 0 Å². The number of hydrogen-bond donors (Lipinski definition) is 0.